The second-order valence-corrected chi connectivity index (χ2v) is 5.88. The first-order chi connectivity index (χ1) is 4.85. The molecule has 66 valence electrons. The lowest BCUT2D eigenvalue weighted by Crippen LogP contribution is -2.38. The van der Waals surface area contributed by atoms with Gasteiger partial charge >= 0.3 is 0 Å². The lowest BCUT2D eigenvalue weighted by Gasteiger charge is -2.16. The summed E-state index contributed by atoms with van der Waals surface area (Å²) in [7, 11) is -4.30. The Morgan fingerprint density at radius 2 is 2.18 bits per heavy atom. The summed E-state index contributed by atoms with van der Waals surface area (Å²) >= 11 is 1.34. The summed E-state index contributed by atoms with van der Waals surface area (Å²) in [6, 6.07) is 0. The maximum Gasteiger partial charge on any atom is 0.295 e. The molecule has 1 fully saturated rings. The molecule has 0 spiro atoms. The van der Waals surface area contributed by atoms with Gasteiger partial charge in [-0.3, -0.25) is 4.55 Å². The van der Waals surface area contributed by atoms with Crippen LogP contribution in [0.15, 0.2) is 0 Å². The Labute approximate surface area is 69.7 Å². The number of hydrogen-bond donors (Lipinski definition) is 2. The largest absolute Gasteiger partial charge is 0.372 e. The van der Waals surface area contributed by atoms with Crippen molar-refractivity contribution in [3.05, 3.63) is 0 Å². The minimum atomic E-state index is -4.30. The monoisotopic (exact) mass is 198 g/mol. The summed E-state index contributed by atoms with van der Waals surface area (Å²) in [6.45, 7) is 1.81. The molecule has 0 aromatic carbocycles. The molecule has 0 bridgehead atoms. The highest BCUT2D eigenvalue weighted by atomic mass is 32.2. The summed E-state index contributed by atoms with van der Waals surface area (Å²) in [5, 5.41) is 9.42. The molecule has 1 rings (SSSR count). The van der Waals surface area contributed by atoms with Gasteiger partial charge in [-0.25, -0.2) is 0 Å². The molecule has 0 saturated carbocycles. The molecule has 0 aromatic rings. The molecule has 1 aliphatic heterocycles. The highest BCUT2D eigenvalue weighted by Gasteiger charge is 2.46. The zero-order valence-electron chi connectivity index (χ0n) is 6.02. The molecule has 2 atom stereocenters. The first-order valence-corrected chi connectivity index (χ1v) is 5.65. The maximum atomic E-state index is 10.6. The quantitative estimate of drug-likeness (QED) is 0.584. The molecule has 2 N–H and O–H groups in total. The van der Waals surface area contributed by atoms with Crippen molar-refractivity contribution in [2.75, 3.05) is 5.75 Å². The van der Waals surface area contributed by atoms with E-state index in [4.69, 9.17) is 4.55 Å². The Balaban J connectivity index is 2.87. The number of rotatable bonds is 1. The average molecular weight is 198 g/mol. The van der Waals surface area contributed by atoms with E-state index < -0.39 is 15.1 Å². The standard InChI is InChI=1S/C5H10O4S2/c1-4-2-5(6,3-10-4)11(7,8)9/h4,6H,2-3H2,1H3,(H,7,8,9). The van der Waals surface area contributed by atoms with Crippen molar-refractivity contribution in [3.63, 3.8) is 0 Å². The van der Waals surface area contributed by atoms with Crippen LogP contribution in [-0.4, -0.2) is 34.0 Å². The van der Waals surface area contributed by atoms with Gasteiger partial charge in [-0.1, -0.05) is 6.92 Å². The van der Waals surface area contributed by atoms with Gasteiger partial charge in [0, 0.05) is 17.4 Å². The molecule has 1 saturated heterocycles. The van der Waals surface area contributed by atoms with E-state index in [-0.39, 0.29) is 17.4 Å². The zero-order chi connectivity index (χ0) is 8.70. The molecule has 0 amide bonds. The number of thioether (sulfide) groups is 1. The highest BCUT2D eigenvalue weighted by molar-refractivity contribution is 8.01. The molecular formula is C5H10O4S2. The van der Waals surface area contributed by atoms with E-state index in [0.717, 1.165) is 0 Å². The second-order valence-electron chi connectivity index (χ2n) is 2.75. The highest BCUT2D eigenvalue weighted by Crippen LogP contribution is 2.37. The molecule has 0 aromatic heterocycles. The fraction of sp³-hybridized carbons (Fsp3) is 1.00. The lowest BCUT2D eigenvalue weighted by molar-refractivity contribution is 0.135. The van der Waals surface area contributed by atoms with Gasteiger partial charge in [0.1, 0.15) is 0 Å². The summed E-state index contributed by atoms with van der Waals surface area (Å²) in [5.41, 5.74) is 0. The Morgan fingerprint density at radius 1 is 1.64 bits per heavy atom. The van der Waals surface area contributed by atoms with Gasteiger partial charge in [0.2, 0.25) is 4.93 Å². The Hall–Kier alpha value is 0.220. The van der Waals surface area contributed by atoms with Crippen molar-refractivity contribution in [1.29, 1.82) is 0 Å². The maximum absolute atomic E-state index is 10.6. The molecule has 6 heteroatoms. The molecule has 1 aliphatic rings. The van der Waals surface area contributed by atoms with Crippen LogP contribution in [0, 0.1) is 0 Å². The number of aliphatic hydroxyl groups is 1. The smallest absolute Gasteiger partial charge is 0.295 e. The SMILES string of the molecule is CC1CC(O)(S(=O)(=O)O)CS1. The molecule has 11 heavy (non-hydrogen) atoms. The van der Waals surface area contributed by atoms with Crippen LogP contribution in [-0.2, 0) is 10.1 Å². The van der Waals surface area contributed by atoms with Crippen molar-refractivity contribution in [1.82, 2.24) is 0 Å². The summed E-state index contributed by atoms with van der Waals surface area (Å²) in [4.78, 5) is -1.91. The van der Waals surface area contributed by atoms with Gasteiger partial charge in [0.05, 0.1) is 0 Å². The van der Waals surface area contributed by atoms with E-state index in [1.54, 1.807) is 0 Å². The average Bonchev–Trinajstić information content (AvgIpc) is 2.10. The molecule has 1 heterocycles. The Morgan fingerprint density at radius 3 is 2.36 bits per heavy atom. The first-order valence-electron chi connectivity index (χ1n) is 3.16. The normalized spacial score (nSPS) is 39.4. The minimum absolute atomic E-state index is 0.0625. The van der Waals surface area contributed by atoms with Crippen LogP contribution in [0.4, 0.5) is 0 Å². The third-order valence-corrected chi connectivity index (χ3v) is 4.51. The summed E-state index contributed by atoms with van der Waals surface area (Å²) in [6.07, 6.45) is 0.108. The van der Waals surface area contributed by atoms with Gasteiger partial charge in [-0.15, -0.1) is 0 Å². The van der Waals surface area contributed by atoms with Crippen molar-refractivity contribution in [2.45, 2.75) is 23.5 Å². The van der Waals surface area contributed by atoms with Crippen LogP contribution >= 0.6 is 11.8 Å². The molecule has 2 unspecified atom stereocenters. The van der Waals surface area contributed by atoms with Crippen LogP contribution in [0.25, 0.3) is 0 Å². The van der Waals surface area contributed by atoms with Gasteiger partial charge in [0.25, 0.3) is 10.1 Å². The molecule has 0 aliphatic carbocycles. The third kappa shape index (κ3) is 1.69. The lowest BCUT2D eigenvalue weighted by atomic mass is 10.2. The van der Waals surface area contributed by atoms with Crippen molar-refractivity contribution in [2.24, 2.45) is 0 Å². The summed E-state index contributed by atoms with van der Waals surface area (Å²) < 4.78 is 29.8. The van der Waals surface area contributed by atoms with Crippen LogP contribution < -0.4 is 0 Å². The third-order valence-electron chi connectivity index (χ3n) is 1.68. The molecule has 4 nitrogen and oxygen atoms in total. The zero-order valence-corrected chi connectivity index (χ0v) is 7.65. The Bertz CT molecular complexity index is 247. The first kappa shape index (κ1) is 9.31. The second kappa shape index (κ2) is 2.62. The van der Waals surface area contributed by atoms with Crippen LogP contribution in [0.5, 0.6) is 0 Å². The Kier molecular flexibility index (Phi) is 2.21. The minimum Gasteiger partial charge on any atom is -0.372 e. The van der Waals surface area contributed by atoms with Crippen molar-refractivity contribution >= 4 is 21.9 Å². The van der Waals surface area contributed by atoms with Crippen LogP contribution in [0.3, 0.4) is 0 Å². The van der Waals surface area contributed by atoms with E-state index in [9.17, 15) is 13.5 Å². The van der Waals surface area contributed by atoms with E-state index in [0.29, 0.717) is 0 Å². The van der Waals surface area contributed by atoms with Crippen LogP contribution in [0.2, 0.25) is 0 Å². The van der Waals surface area contributed by atoms with E-state index in [1.165, 1.54) is 11.8 Å². The summed E-state index contributed by atoms with van der Waals surface area (Å²) in [5.74, 6) is 0.0625. The van der Waals surface area contributed by atoms with Gasteiger partial charge < -0.3 is 5.11 Å². The molecular weight excluding hydrogens is 188 g/mol. The van der Waals surface area contributed by atoms with Gasteiger partial charge in [0.15, 0.2) is 0 Å². The van der Waals surface area contributed by atoms with Crippen LogP contribution in [0.1, 0.15) is 13.3 Å². The van der Waals surface area contributed by atoms with Gasteiger partial charge in [-0.05, 0) is 0 Å². The fourth-order valence-corrected chi connectivity index (χ4v) is 3.44. The van der Waals surface area contributed by atoms with Crippen molar-refractivity contribution in [3.8, 4) is 0 Å². The van der Waals surface area contributed by atoms with E-state index in [1.807, 2.05) is 6.92 Å². The van der Waals surface area contributed by atoms with Crippen molar-refractivity contribution < 1.29 is 18.1 Å². The van der Waals surface area contributed by atoms with E-state index in [2.05, 4.69) is 0 Å². The molecule has 0 radical (unpaired) electrons. The fourth-order valence-electron chi connectivity index (χ4n) is 1.02. The topological polar surface area (TPSA) is 74.6 Å². The number of hydrogen-bond acceptors (Lipinski definition) is 4. The predicted octanol–water partition coefficient (Wildman–Crippen LogP) is 0.0882. The predicted molar refractivity (Wildman–Crippen MR) is 43.0 cm³/mol. The van der Waals surface area contributed by atoms with E-state index >= 15 is 0 Å². The van der Waals surface area contributed by atoms with Gasteiger partial charge in [-0.2, -0.15) is 20.2 Å².